The van der Waals surface area contributed by atoms with Gasteiger partial charge < -0.3 is 33.8 Å². The van der Waals surface area contributed by atoms with Crippen LogP contribution in [0.2, 0.25) is 0 Å². The first kappa shape index (κ1) is 93.1. The number of hydrogen-bond acceptors (Lipinski definition) is 15. The highest BCUT2D eigenvalue weighted by molar-refractivity contribution is 7.47. The van der Waals surface area contributed by atoms with E-state index in [0.29, 0.717) is 31.6 Å². The fourth-order valence-electron chi connectivity index (χ4n) is 11.6. The van der Waals surface area contributed by atoms with Gasteiger partial charge in [-0.05, 0) is 49.4 Å². The lowest BCUT2D eigenvalue weighted by atomic mass is 10.0. The number of phosphoric ester groups is 2. The zero-order chi connectivity index (χ0) is 70.3. The van der Waals surface area contributed by atoms with Crippen molar-refractivity contribution in [1.29, 1.82) is 0 Å². The van der Waals surface area contributed by atoms with E-state index in [1.54, 1.807) is 0 Å². The van der Waals surface area contributed by atoms with Crippen LogP contribution in [0, 0.1) is 23.7 Å². The number of aliphatic hydroxyl groups is 1. The fourth-order valence-corrected chi connectivity index (χ4v) is 13.1. The summed E-state index contributed by atoms with van der Waals surface area (Å²) in [7, 11) is -9.91. The molecule has 3 N–H and O–H groups in total. The second-order valence-corrected chi connectivity index (χ2v) is 32.2. The molecule has 19 heteroatoms. The van der Waals surface area contributed by atoms with Gasteiger partial charge in [0.05, 0.1) is 26.4 Å². The van der Waals surface area contributed by atoms with E-state index in [4.69, 9.17) is 37.0 Å². The van der Waals surface area contributed by atoms with E-state index in [-0.39, 0.29) is 25.7 Å². The molecule has 0 aliphatic rings. The van der Waals surface area contributed by atoms with Gasteiger partial charge in [0.15, 0.2) is 12.2 Å². The summed E-state index contributed by atoms with van der Waals surface area (Å²) in [4.78, 5) is 72.8. The van der Waals surface area contributed by atoms with Crippen molar-refractivity contribution in [3.63, 3.8) is 0 Å². The molecular weight excluding hydrogens is 1250 g/mol. The Morgan fingerprint density at radius 2 is 0.442 bits per heavy atom. The molecule has 564 valence electrons. The number of ether oxygens (including phenoxy) is 4. The molecule has 0 aromatic rings. The summed E-state index contributed by atoms with van der Waals surface area (Å²) in [6.07, 6.45) is 49.9. The van der Waals surface area contributed by atoms with Crippen LogP contribution in [0.3, 0.4) is 0 Å². The molecule has 0 amide bonds. The van der Waals surface area contributed by atoms with Crippen LogP contribution in [0.15, 0.2) is 0 Å². The topological polar surface area (TPSA) is 237 Å². The van der Waals surface area contributed by atoms with Crippen molar-refractivity contribution in [2.24, 2.45) is 23.7 Å². The van der Waals surface area contributed by atoms with Crippen molar-refractivity contribution in [3.05, 3.63) is 0 Å². The highest BCUT2D eigenvalue weighted by atomic mass is 31.2. The van der Waals surface area contributed by atoms with Crippen LogP contribution in [0.1, 0.15) is 383 Å². The second kappa shape index (κ2) is 65.4. The Kier molecular flexibility index (Phi) is 64.0. The smallest absolute Gasteiger partial charge is 0.462 e. The SMILES string of the molecule is CC(C)CCCCCCCCCCCCCCCC(=O)O[C@H](COC(=O)CCCCCCCCCC(C)C)COP(=O)(O)OCC(O)COP(=O)(O)OC[C@@H](COC(=O)CCCCCCCCCCCCCC(C)C)OC(=O)CCCCCCCCCCCCCCC(C)C. The van der Waals surface area contributed by atoms with Gasteiger partial charge >= 0.3 is 39.5 Å². The van der Waals surface area contributed by atoms with Gasteiger partial charge in [-0.2, -0.15) is 0 Å². The molecule has 0 aliphatic heterocycles. The summed E-state index contributed by atoms with van der Waals surface area (Å²) >= 11 is 0. The van der Waals surface area contributed by atoms with E-state index in [1.807, 2.05) is 0 Å². The van der Waals surface area contributed by atoms with Crippen LogP contribution in [-0.2, 0) is 65.4 Å². The molecule has 3 unspecified atom stereocenters. The molecule has 0 saturated heterocycles. The van der Waals surface area contributed by atoms with Crippen LogP contribution < -0.4 is 0 Å². The van der Waals surface area contributed by atoms with Gasteiger partial charge in [-0.25, -0.2) is 9.13 Å². The predicted octanol–water partition coefficient (Wildman–Crippen LogP) is 22.0. The molecule has 0 spiro atoms. The number of hydrogen-bond donors (Lipinski definition) is 3. The van der Waals surface area contributed by atoms with Crippen LogP contribution in [0.4, 0.5) is 0 Å². The van der Waals surface area contributed by atoms with Crippen LogP contribution >= 0.6 is 15.6 Å². The first-order valence-corrected chi connectivity index (χ1v) is 42.2. The largest absolute Gasteiger partial charge is 0.472 e. The van der Waals surface area contributed by atoms with E-state index in [2.05, 4.69) is 55.4 Å². The minimum atomic E-state index is -4.96. The molecule has 17 nitrogen and oxygen atoms in total. The van der Waals surface area contributed by atoms with Gasteiger partial charge in [0.2, 0.25) is 0 Å². The van der Waals surface area contributed by atoms with Gasteiger partial charge in [0, 0.05) is 25.7 Å². The molecule has 5 atom stereocenters. The standard InChI is InChI=1S/C76H148O17P2/c1-66(2)52-44-36-28-21-15-10-9-11-18-25-33-42-50-58-75(80)93-72(63-87-74(79)57-49-41-35-27-31-39-47-55-69(7)8)65-91-95(84,85)89-61-70(77)60-88-94(82,83)90-64-71(62-86-73(78)56-48-40-32-24-20-14-17-23-30-38-46-54-68(5)6)92-76(81)59-51-43-34-26-19-13-12-16-22-29-37-45-53-67(3)4/h66-72,77H,9-65H2,1-8H3,(H,82,83)(H,84,85)/t70?,71-,72-/m1/s1. The summed E-state index contributed by atoms with van der Waals surface area (Å²) < 4.78 is 68.5. The van der Waals surface area contributed by atoms with Crippen molar-refractivity contribution in [2.75, 3.05) is 39.6 Å². The summed E-state index contributed by atoms with van der Waals surface area (Å²) in [5, 5.41) is 10.6. The number of carbonyl (C=O) groups is 4. The number of phosphoric acid groups is 2. The third-order valence-corrected chi connectivity index (χ3v) is 19.5. The predicted molar refractivity (Wildman–Crippen MR) is 386 cm³/mol. The summed E-state index contributed by atoms with van der Waals surface area (Å²) in [5.41, 5.74) is 0. The lowest BCUT2D eigenvalue weighted by Crippen LogP contribution is -2.30. The van der Waals surface area contributed by atoms with Crippen LogP contribution in [0.25, 0.3) is 0 Å². The van der Waals surface area contributed by atoms with Crippen LogP contribution in [-0.4, -0.2) is 96.7 Å². The number of carbonyl (C=O) groups excluding carboxylic acids is 4. The third kappa shape index (κ3) is 70.3. The van der Waals surface area contributed by atoms with Gasteiger partial charge in [0.25, 0.3) is 0 Å². The normalized spacial score (nSPS) is 14.1. The fraction of sp³-hybridized carbons (Fsp3) is 0.947. The zero-order valence-corrected chi connectivity index (χ0v) is 64.1. The summed E-state index contributed by atoms with van der Waals surface area (Å²) in [5.74, 6) is 0.919. The van der Waals surface area contributed by atoms with Gasteiger partial charge in [0.1, 0.15) is 19.3 Å². The summed E-state index contributed by atoms with van der Waals surface area (Å²) in [6.45, 7) is 14.2. The maximum absolute atomic E-state index is 13.1. The highest BCUT2D eigenvalue weighted by Gasteiger charge is 2.30. The Balaban J connectivity index is 5.26. The van der Waals surface area contributed by atoms with E-state index < -0.39 is 97.5 Å². The monoisotopic (exact) mass is 1400 g/mol. The van der Waals surface area contributed by atoms with E-state index in [9.17, 15) is 43.2 Å². The molecule has 0 rings (SSSR count). The van der Waals surface area contributed by atoms with Crippen molar-refractivity contribution in [1.82, 2.24) is 0 Å². The molecule has 0 heterocycles. The summed E-state index contributed by atoms with van der Waals surface area (Å²) in [6, 6.07) is 0. The number of unbranched alkanes of at least 4 members (excludes halogenated alkanes) is 39. The quantitative estimate of drug-likeness (QED) is 0.0222. The molecule has 95 heavy (non-hydrogen) atoms. The second-order valence-electron chi connectivity index (χ2n) is 29.3. The minimum absolute atomic E-state index is 0.106. The number of rotatable bonds is 73. The van der Waals surface area contributed by atoms with E-state index in [0.717, 1.165) is 114 Å². The lowest BCUT2D eigenvalue weighted by Gasteiger charge is -2.21. The molecule has 0 aliphatic carbocycles. The highest BCUT2D eigenvalue weighted by Crippen LogP contribution is 2.45. The molecule has 0 saturated carbocycles. The van der Waals surface area contributed by atoms with Crippen molar-refractivity contribution < 1.29 is 80.2 Å². The average Bonchev–Trinajstić information content (AvgIpc) is 2.75. The zero-order valence-electron chi connectivity index (χ0n) is 62.3. The Bertz CT molecular complexity index is 1870. The van der Waals surface area contributed by atoms with E-state index >= 15 is 0 Å². The first-order chi connectivity index (χ1) is 45.6. The molecule has 0 fully saturated rings. The Morgan fingerprint density at radius 3 is 0.653 bits per heavy atom. The molecule has 0 radical (unpaired) electrons. The van der Waals surface area contributed by atoms with Gasteiger partial charge in [-0.3, -0.25) is 37.3 Å². The Labute approximate surface area is 581 Å². The number of esters is 4. The van der Waals surface area contributed by atoms with E-state index in [1.165, 1.54) is 180 Å². The van der Waals surface area contributed by atoms with Crippen LogP contribution in [0.5, 0.6) is 0 Å². The maximum Gasteiger partial charge on any atom is 0.472 e. The van der Waals surface area contributed by atoms with Crippen molar-refractivity contribution in [2.45, 2.75) is 401 Å². The Hall–Kier alpha value is -1.94. The minimum Gasteiger partial charge on any atom is -0.462 e. The van der Waals surface area contributed by atoms with Gasteiger partial charge in [-0.15, -0.1) is 0 Å². The molecular formula is C76H148O17P2. The molecule has 0 bridgehead atoms. The average molecular weight is 1400 g/mol. The third-order valence-electron chi connectivity index (χ3n) is 17.6. The molecule has 0 aromatic carbocycles. The Morgan fingerprint density at radius 1 is 0.263 bits per heavy atom. The maximum atomic E-state index is 13.1. The number of aliphatic hydroxyl groups excluding tert-OH is 1. The lowest BCUT2D eigenvalue weighted by molar-refractivity contribution is -0.161. The molecule has 0 aromatic heterocycles. The van der Waals surface area contributed by atoms with Gasteiger partial charge in [-0.1, -0.05) is 331 Å². The van der Waals surface area contributed by atoms with Crippen molar-refractivity contribution >= 4 is 39.5 Å². The van der Waals surface area contributed by atoms with Crippen molar-refractivity contribution in [3.8, 4) is 0 Å². The first-order valence-electron chi connectivity index (χ1n) is 39.2.